The van der Waals surface area contributed by atoms with Crippen LogP contribution in [0.5, 0.6) is 0 Å². The van der Waals surface area contributed by atoms with E-state index in [2.05, 4.69) is 4.98 Å². The summed E-state index contributed by atoms with van der Waals surface area (Å²) in [5.41, 5.74) is 4.44. The molecule has 1 heterocycles. The van der Waals surface area contributed by atoms with Crippen LogP contribution >= 0.6 is 11.8 Å². The molecule has 1 unspecified atom stereocenters. The Morgan fingerprint density at radius 2 is 2.47 bits per heavy atom. The number of imidazole rings is 1. The predicted octanol–water partition coefficient (Wildman–Crippen LogP) is 0.704. The van der Waals surface area contributed by atoms with Crippen LogP contribution in [0.1, 0.15) is 13.3 Å². The Kier molecular flexibility index (Phi) is 3.76. The van der Waals surface area contributed by atoms with Crippen molar-refractivity contribution < 1.29 is 9.90 Å². The second kappa shape index (κ2) is 4.67. The van der Waals surface area contributed by atoms with Gasteiger partial charge in [-0.15, -0.1) is 0 Å². The number of aryl methyl sites for hydroxylation is 1. The molecule has 1 aromatic heterocycles. The van der Waals surface area contributed by atoms with Crippen LogP contribution in [0.4, 0.5) is 0 Å². The summed E-state index contributed by atoms with van der Waals surface area (Å²) in [7, 11) is 1.90. The van der Waals surface area contributed by atoms with Crippen LogP contribution in [0.25, 0.3) is 0 Å². The summed E-state index contributed by atoms with van der Waals surface area (Å²) >= 11 is 1.51. The van der Waals surface area contributed by atoms with Crippen molar-refractivity contribution in [3.8, 4) is 0 Å². The van der Waals surface area contributed by atoms with Gasteiger partial charge >= 0.3 is 5.97 Å². The molecule has 0 aliphatic rings. The quantitative estimate of drug-likeness (QED) is 0.726. The van der Waals surface area contributed by atoms with Crippen LogP contribution in [0.3, 0.4) is 0 Å². The maximum atomic E-state index is 10.7. The maximum Gasteiger partial charge on any atom is 0.323 e. The van der Waals surface area contributed by atoms with E-state index >= 15 is 0 Å². The number of thioether (sulfide) groups is 1. The van der Waals surface area contributed by atoms with E-state index in [0.29, 0.717) is 12.2 Å². The normalized spacial score (nSPS) is 14.9. The summed E-state index contributed by atoms with van der Waals surface area (Å²) in [5.74, 6) is -0.326. The minimum atomic E-state index is -1.15. The standard InChI is InChI=1S/C9H15N3O2S/c1-9(10,7(13)14)3-6-15-8-11-4-5-12(8)2/h4-5H,3,6,10H2,1-2H3,(H,13,14). The van der Waals surface area contributed by atoms with E-state index in [1.807, 2.05) is 17.8 Å². The lowest BCUT2D eigenvalue weighted by atomic mass is 10.0. The van der Waals surface area contributed by atoms with Crippen molar-refractivity contribution in [2.24, 2.45) is 12.8 Å². The van der Waals surface area contributed by atoms with Crippen molar-refractivity contribution in [1.29, 1.82) is 0 Å². The first-order chi connectivity index (χ1) is 6.93. The molecule has 0 saturated heterocycles. The van der Waals surface area contributed by atoms with Gasteiger partial charge in [0.2, 0.25) is 0 Å². The number of nitrogens with two attached hydrogens (primary N) is 1. The van der Waals surface area contributed by atoms with Gasteiger partial charge in [0, 0.05) is 25.2 Å². The van der Waals surface area contributed by atoms with Gasteiger partial charge in [0.05, 0.1) is 0 Å². The molecule has 0 spiro atoms. The lowest BCUT2D eigenvalue weighted by molar-refractivity contribution is -0.142. The molecule has 0 radical (unpaired) electrons. The average Bonchev–Trinajstić information content (AvgIpc) is 2.51. The summed E-state index contributed by atoms with van der Waals surface area (Å²) in [4.78, 5) is 14.8. The van der Waals surface area contributed by atoms with Gasteiger partial charge in [0.25, 0.3) is 0 Å². The molecule has 1 rings (SSSR count). The van der Waals surface area contributed by atoms with Crippen LogP contribution in [-0.4, -0.2) is 31.9 Å². The van der Waals surface area contributed by atoms with Crippen LogP contribution < -0.4 is 5.73 Å². The minimum Gasteiger partial charge on any atom is -0.480 e. The Morgan fingerprint density at radius 1 is 1.80 bits per heavy atom. The van der Waals surface area contributed by atoms with Gasteiger partial charge in [-0.25, -0.2) is 4.98 Å². The Labute approximate surface area is 92.7 Å². The molecule has 5 nitrogen and oxygen atoms in total. The molecule has 1 atom stereocenters. The van der Waals surface area contributed by atoms with E-state index < -0.39 is 11.5 Å². The molecule has 0 aliphatic heterocycles. The lowest BCUT2D eigenvalue weighted by Gasteiger charge is -2.18. The van der Waals surface area contributed by atoms with E-state index in [9.17, 15) is 4.79 Å². The van der Waals surface area contributed by atoms with Gasteiger partial charge < -0.3 is 15.4 Å². The van der Waals surface area contributed by atoms with Crippen LogP contribution in [0.15, 0.2) is 17.6 Å². The first-order valence-corrected chi connectivity index (χ1v) is 5.54. The molecule has 1 aromatic rings. The van der Waals surface area contributed by atoms with Gasteiger partial charge in [-0.1, -0.05) is 11.8 Å². The number of carboxylic acids is 1. The number of carboxylic acid groups (broad SMARTS) is 1. The average molecular weight is 229 g/mol. The summed E-state index contributed by atoms with van der Waals surface area (Å²) in [6, 6.07) is 0. The molecule has 0 aromatic carbocycles. The lowest BCUT2D eigenvalue weighted by Crippen LogP contribution is -2.45. The topological polar surface area (TPSA) is 81.1 Å². The van der Waals surface area contributed by atoms with Gasteiger partial charge in [-0.2, -0.15) is 0 Å². The Morgan fingerprint density at radius 3 is 2.93 bits per heavy atom. The highest BCUT2D eigenvalue weighted by molar-refractivity contribution is 7.99. The zero-order chi connectivity index (χ0) is 11.5. The molecule has 0 saturated carbocycles. The SMILES string of the molecule is Cn1ccnc1SCCC(C)(N)C(=O)O. The third-order valence-electron chi connectivity index (χ3n) is 2.12. The smallest absolute Gasteiger partial charge is 0.323 e. The number of aromatic nitrogens is 2. The second-order valence-corrected chi connectivity index (χ2v) is 4.70. The van der Waals surface area contributed by atoms with Crippen LogP contribution in [-0.2, 0) is 11.8 Å². The van der Waals surface area contributed by atoms with Gasteiger partial charge in [0.15, 0.2) is 5.16 Å². The molecular formula is C9H15N3O2S. The van der Waals surface area contributed by atoms with Gasteiger partial charge in [0.1, 0.15) is 5.54 Å². The van der Waals surface area contributed by atoms with Crippen LogP contribution in [0.2, 0.25) is 0 Å². The van der Waals surface area contributed by atoms with Gasteiger partial charge in [-0.3, -0.25) is 4.79 Å². The van der Waals surface area contributed by atoms with Crippen molar-refractivity contribution in [3.05, 3.63) is 12.4 Å². The second-order valence-electron chi connectivity index (χ2n) is 3.64. The van der Waals surface area contributed by atoms with E-state index in [1.165, 1.54) is 18.7 Å². The monoisotopic (exact) mass is 229 g/mol. The first kappa shape index (κ1) is 12.1. The number of nitrogens with zero attached hydrogens (tertiary/aromatic N) is 2. The highest BCUT2D eigenvalue weighted by Gasteiger charge is 2.27. The number of carbonyl (C=O) groups is 1. The fourth-order valence-electron chi connectivity index (χ4n) is 0.952. The van der Waals surface area contributed by atoms with Crippen molar-refractivity contribution in [3.63, 3.8) is 0 Å². The van der Waals surface area contributed by atoms with Crippen molar-refractivity contribution in [2.75, 3.05) is 5.75 Å². The van der Waals surface area contributed by atoms with E-state index in [-0.39, 0.29) is 0 Å². The molecule has 3 N–H and O–H groups in total. The van der Waals surface area contributed by atoms with E-state index in [0.717, 1.165) is 5.16 Å². The third kappa shape index (κ3) is 3.24. The molecule has 15 heavy (non-hydrogen) atoms. The minimum absolute atomic E-state index is 0.417. The maximum absolute atomic E-state index is 10.7. The summed E-state index contributed by atoms with van der Waals surface area (Å²) in [6.45, 7) is 1.52. The number of hydrogen-bond donors (Lipinski definition) is 2. The molecular weight excluding hydrogens is 214 g/mol. The Balaban J connectivity index is 2.40. The molecule has 6 heteroatoms. The fourth-order valence-corrected chi connectivity index (χ4v) is 2.06. The summed E-state index contributed by atoms with van der Waals surface area (Å²) in [6.07, 6.45) is 3.97. The number of aliphatic carboxylic acids is 1. The Bertz CT molecular complexity index is 349. The summed E-state index contributed by atoms with van der Waals surface area (Å²) in [5, 5.41) is 9.67. The van der Waals surface area contributed by atoms with Crippen molar-refractivity contribution in [1.82, 2.24) is 9.55 Å². The summed E-state index contributed by atoms with van der Waals surface area (Å²) < 4.78 is 1.89. The van der Waals surface area contributed by atoms with Crippen molar-refractivity contribution >= 4 is 17.7 Å². The fraction of sp³-hybridized carbons (Fsp3) is 0.556. The first-order valence-electron chi connectivity index (χ1n) is 4.56. The molecule has 0 bridgehead atoms. The molecule has 0 amide bonds. The zero-order valence-corrected chi connectivity index (χ0v) is 9.62. The van der Waals surface area contributed by atoms with Gasteiger partial charge in [-0.05, 0) is 13.3 Å². The molecule has 0 aliphatic carbocycles. The van der Waals surface area contributed by atoms with E-state index in [1.54, 1.807) is 6.20 Å². The predicted molar refractivity (Wildman–Crippen MR) is 58.8 cm³/mol. The highest BCUT2D eigenvalue weighted by Crippen LogP contribution is 2.18. The molecule has 84 valence electrons. The number of rotatable bonds is 5. The Hall–Kier alpha value is -1.01. The molecule has 0 fully saturated rings. The van der Waals surface area contributed by atoms with Crippen LogP contribution in [0, 0.1) is 0 Å². The largest absolute Gasteiger partial charge is 0.480 e. The number of hydrogen-bond acceptors (Lipinski definition) is 4. The van der Waals surface area contributed by atoms with E-state index in [4.69, 9.17) is 10.8 Å². The zero-order valence-electron chi connectivity index (χ0n) is 8.80. The third-order valence-corrected chi connectivity index (χ3v) is 3.18. The van der Waals surface area contributed by atoms with Crippen molar-refractivity contribution in [2.45, 2.75) is 24.0 Å². The highest BCUT2D eigenvalue weighted by atomic mass is 32.2.